The van der Waals surface area contributed by atoms with Gasteiger partial charge in [0.2, 0.25) is 0 Å². The second-order valence-corrected chi connectivity index (χ2v) is 8.85. The van der Waals surface area contributed by atoms with Crippen LogP contribution in [-0.4, -0.2) is 4.57 Å². The first kappa shape index (κ1) is 20.2. The van der Waals surface area contributed by atoms with Gasteiger partial charge < -0.3 is 4.57 Å². The average Bonchev–Trinajstić information content (AvgIpc) is 2.59. The Morgan fingerprint density at radius 1 is 0.692 bits per heavy atom. The molecule has 0 atom stereocenters. The Hall–Kier alpha value is -2.09. The molecule has 0 unspecified atom stereocenters. The fourth-order valence-corrected chi connectivity index (χ4v) is 3.23. The number of aromatic nitrogens is 1. The molecule has 0 aliphatic rings. The summed E-state index contributed by atoms with van der Waals surface area (Å²) in [6.07, 6.45) is 0. The van der Waals surface area contributed by atoms with Crippen LogP contribution in [0.1, 0.15) is 66.5 Å². The molecule has 0 N–H and O–H groups in total. The van der Waals surface area contributed by atoms with Gasteiger partial charge in [-0.3, -0.25) is 4.79 Å². The van der Waals surface area contributed by atoms with Crippen LogP contribution >= 0.6 is 0 Å². The van der Waals surface area contributed by atoms with Gasteiger partial charge >= 0.3 is 0 Å². The summed E-state index contributed by atoms with van der Waals surface area (Å²) in [7, 11) is 2.04. The lowest BCUT2D eigenvalue weighted by Gasteiger charge is -2.22. The SMILES string of the molecule is CC.Cn1c2ccc(C(C)(C)C)cc2c(=O)c2cc(C(C)(C)C)ccc21. The van der Waals surface area contributed by atoms with E-state index in [1.165, 1.54) is 11.1 Å². The molecule has 0 saturated carbocycles. The van der Waals surface area contributed by atoms with Crippen molar-refractivity contribution in [2.75, 3.05) is 0 Å². The predicted octanol–water partition coefficient (Wildman–Crippen LogP) is 6.31. The van der Waals surface area contributed by atoms with Crippen LogP contribution in [0.4, 0.5) is 0 Å². The number of aryl methyl sites for hydroxylation is 1. The summed E-state index contributed by atoms with van der Waals surface area (Å²) in [5.41, 5.74) is 4.56. The van der Waals surface area contributed by atoms with Crippen LogP contribution in [0.3, 0.4) is 0 Å². The lowest BCUT2D eigenvalue weighted by atomic mass is 9.85. The molecule has 0 amide bonds. The molecule has 0 aliphatic heterocycles. The van der Waals surface area contributed by atoms with Gasteiger partial charge in [0.15, 0.2) is 5.43 Å². The zero-order valence-corrected chi connectivity index (χ0v) is 17.8. The lowest BCUT2D eigenvalue weighted by molar-refractivity contribution is 0.591. The summed E-state index contributed by atoms with van der Waals surface area (Å²) < 4.78 is 2.13. The van der Waals surface area contributed by atoms with Crippen molar-refractivity contribution in [3.63, 3.8) is 0 Å². The Labute approximate surface area is 157 Å². The van der Waals surface area contributed by atoms with Crippen molar-refractivity contribution in [2.24, 2.45) is 7.05 Å². The molecule has 2 heteroatoms. The topological polar surface area (TPSA) is 22.0 Å². The van der Waals surface area contributed by atoms with Crippen LogP contribution in [0.2, 0.25) is 0 Å². The largest absolute Gasteiger partial charge is 0.343 e. The van der Waals surface area contributed by atoms with Crippen LogP contribution in [0.25, 0.3) is 21.8 Å². The normalized spacial score (nSPS) is 12.2. The summed E-state index contributed by atoms with van der Waals surface area (Å²) in [5, 5.41) is 1.62. The van der Waals surface area contributed by atoms with Gasteiger partial charge in [0.25, 0.3) is 0 Å². The molecule has 0 bridgehead atoms. The number of hydrogen-bond donors (Lipinski definition) is 0. The molecular formula is C24H33NO. The summed E-state index contributed by atoms with van der Waals surface area (Å²) in [4.78, 5) is 13.2. The van der Waals surface area contributed by atoms with Gasteiger partial charge in [0.05, 0.1) is 11.0 Å². The highest BCUT2D eigenvalue weighted by atomic mass is 16.1. The van der Waals surface area contributed by atoms with Crippen molar-refractivity contribution in [1.29, 1.82) is 0 Å². The Morgan fingerprint density at radius 3 is 1.35 bits per heavy atom. The second kappa shape index (κ2) is 6.90. The van der Waals surface area contributed by atoms with Crippen LogP contribution in [0, 0.1) is 0 Å². The van der Waals surface area contributed by atoms with Gasteiger partial charge in [0, 0.05) is 17.8 Å². The monoisotopic (exact) mass is 351 g/mol. The maximum atomic E-state index is 13.2. The Balaban J connectivity index is 0.00000117. The molecule has 2 nitrogen and oxygen atoms in total. The number of benzene rings is 2. The van der Waals surface area contributed by atoms with Crippen molar-refractivity contribution in [2.45, 2.75) is 66.2 Å². The number of fused-ring (bicyclic) bond motifs is 2. The fraction of sp³-hybridized carbons (Fsp3) is 0.458. The highest BCUT2D eigenvalue weighted by molar-refractivity contribution is 5.94. The van der Waals surface area contributed by atoms with Crippen molar-refractivity contribution in [1.82, 2.24) is 4.57 Å². The average molecular weight is 352 g/mol. The molecule has 140 valence electrons. The first-order valence-electron chi connectivity index (χ1n) is 9.57. The summed E-state index contributed by atoms with van der Waals surface area (Å²) >= 11 is 0. The molecule has 0 radical (unpaired) electrons. The van der Waals surface area contributed by atoms with E-state index >= 15 is 0 Å². The van der Waals surface area contributed by atoms with Crippen molar-refractivity contribution >= 4 is 21.8 Å². The second-order valence-electron chi connectivity index (χ2n) is 8.85. The number of hydrogen-bond acceptors (Lipinski definition) is 1. The van der Waals surface area contributed by atoms with Crippen molar-refractivity contribution < 1.29 is 0 Å². The first-order chi connectivity index (χ1) is 12.0. The predicted molar refractivity (Wildman–Crippen MR) is 115 cm³/mol. The highest BCUT2D eigenvalue weighted by Gasteiger charge is 2.18. The van der Waals surface area contributed by atoms with Crippen molar-refractivity contribution in [3.05, 3.63) is 57.7 Å². The van der Waals surface area contributed by atoms with E-state index in [-0.39, 0.29) is 16.3 Å². The van der Waals surface area contributed by atoms with E-state index in [2.05, 4.69) is 82.5 Å². The molecule has 1 aromatic heterocycles. The minimum atomic E-state index is 0.0292. The zero-order chi connectivity index (χ0) is 19.9. The van der Waals surface area contributed by atoms with E-state index in [0.717, 1.165) is 21.8 Å². The van der Waals surface area contributed by atoms with Crippen molar-refractivity contribution in [3.8, 4) is 0 Å². The molecule has 1 heterocycles. The highest BCUT2D eigenvalue weighted by Crippen LogP contribution is 2.29. The summed E-state index contributed by atoms with van der Waals surface area (Å²) in [6.45, 7) is 17.1. The molecule has 0 spiro atoms. The van der Waals surface area contributed by atoms with E-state index in [1.807, 2.05) is 20.9 Å². The minimum absolute atomic E-state index is 0.0292. The molecule has 3 rings (SSSR count). The third kappa shape index (κ3) is 3.56. The van der Waals surface area contributed by atoms with E-state index < -0.39 is 0 Å². The van der Waals surface area contributed by atoms with Crippen LogP contribution in [0.15, 0.2) is 41.2 Å². The number of pyridine rings is 1. The van der Waals surface area contributed by atoms with Gasteiger partial charge in [-0.1, -0.05) is 67.5 Å². The van der Waals surface area contributed by atoms with E-state index in [4.69, 9.17) is 0 Å². The smallest absolute Gasteiger partial charge is 0.197 e. The Morgan fingerprint density at radius 2 is 1.04 bits per heavy atom. The van der Waals surface area contributed by atoms with Crippen LogP contribution in [0.5, 0.6) is 0 Å². The van der Waals surface area contributed by atoms with Gasteiger partial charge in [-0.2, -0.15) is 0 Å². The molecule has 0 saturated heterocycles. The van der Waals surface area contributed by atoms with E-state index in [1.54, 1.807) is 0 Å². The van der Waals surface area contributed by atoms with Crippen LogP contribution < -0.4 is 5.43 Å². The van der Waals surface area contributed by atoms with E-state index in [9.17, 15) is 4.79 Å². The molecule has 0 aliphatic carbocycles. The third-order valence-electron chi connectivity index (χ3n) is 4.94. The lowest BCUT2D eigenvalue weighted by Crippen LogP contribution is -2.16. The third-order valence-corrected chi connectivity index (χ3v) is 4.94. The molecular weight excluding hydrogens is 318 g/mol. The molecule has 3 aromatic rings. The maximum absolute atomic E-state index is 13.2. The fourth-order valence-electron chi connectivity index (χ4n) is 3.23. The Kier molecular flexibility index (Phi) is 5.37. The molecule has 2 aromatic carbocycles. The first-order valence-corrected chi connectivity index (χ1v) is 9.57. The standard InChI is InChI=1S/C22H27NO.C2H6/c1-21(2,3)14-8-10-18-16(12-14)20(24)17-13-15(22(4,5)6)9-11-19(17)23(18)7;1-2/h8-13H,1-7H3;1-2H3. The number of rotatable bonds is 0. The van der Waals surface area contributed by atoms with Crippen LogP contribution in [-0.2, 0) is 17.9 Å². The van der Waals surface area contributed by atoms with Gasteiger partial charge in [-0.25, -0.2) is 0 Å². The van der Waals surface area contributed by atoms with Gasteiger partial charge in [-0.05, 0) is 46.2 Å². The molecule has 0 fully saturated rings. The van der Waals surface area contributed by atoms with Gasteiger partial charge in [-0.15, -0.1) is 0 Å². The number of nitrogens with zero attached hydrogens (tertiary/aromatic N) is 1. The maximum Gasteiger partial charge on any atom is 0.197 e. The zero-order valence-electron chi connectivity index (χ0n) is 17.8. The van der Waals surface area contributed by atoms with E-state index in [0.29, 0.717) is 0 Å². The minimum Gasteiger partial charge on any atom is -0.343 e. The van der Waals surface area contributed by atoms with Gasteiger partial charge in [0.1, 0.15) is 0 Å². The quantitative estimate of drug-likeness (QED) is 0.435. The summed E-state index contributed by atoms with van der Waals surface area (Å²) in [5.74, 6) is 0. The Bertz CT molecular complexity index is 917. The molecule has 26 heavy (non-hydrogen) atoms. The summed E-state index contributed by atoms with van der Waals surface area (Å²) in [6, 6.07) is 12.6.